The van der Waals surface area contributed by atoms with Gasteiger partial charge in [0.05, 0.1) is 6.04 Å². The van der Waals surface area contributed by atoms with E-state index in [9.17, 15) is 9.59 Å². The highest BCUT2D eigenvalue weighted by molar-refractivity contribution is 7.11. The number of carboxylic acids is 1. The Hall–Kier alpha value is -1.63. The van der Waals surface area contributed by atoms with Gasteiger partial charge in [-0.1, -0.05) is 0 Å². The number of carbonyl (C=O) groups excluding carboxylic acids is 1. The van der Waals surface area contributed by atoms with Crippen LogP contribution in [0.3, 0.4) is 0 Å². The Labute approximate surface area is 121 Å². The van der Waals surface area contributed by atoms with E-state index in [4.69, 9.17) is 5.11 Å². The van der Waals surface area contributed by atoms with Crippen molar-refractivity contribution in [3.63, 3.8) is 0 Å². The van der Waals surface area contributed by atoms with E-state index in [0.29, 0.717) is 12.5 Å². The smallest absolute Gasteiger partial charge is 0.323 e. The number of hydrogen-bond donors (Lipinski definition) is 2. The van der Waals surface area contributed by atoms with Crippen molar-refractivity contribution < 1.29 is 14.7 Å². The number of carboxylic acid groups (broad SMARTS) is 1. The lowest BCUT2D eigenvalue weighted by Gasteiger charge is -2.23. The minimum Gasteiger partial charge on any atom is -0.480 e. The minimum absolute atomic E-state index is 0.211. The maximum Gasteiger partial charge on any atom is 0.323 e. The molecule has 1 aromatic rings. The van der Waals surface area contributed by atoms with Gasteiger partial charge in [-0.15, -0.1) is 11.3 Å². The van der Waals surface area contributed by atoms with Gasteiger partial charge in [-0.3, -0.25) is 4.79 Å². The lowest BCUT2D eigenvalue weighted by atomic mass is 10.3. The summed E-state index contributed by atoms with van der Waals surface area (Å²) in [5, 5.41) is 12.5. The molecular formula is C13H19N3O3S. The molecule has 110 valence electrons. The molecule has 0 aliphatic heterocycles. The third kappa shape index (κ3) is 4.19. The predicted octanol–water partition coefficient (Wildman–Crippen LogP) is 2.02. The first-order valence-corrected chi connectivity index (χ1v) is 7.47. The Morgan fingerprint density at radius 1 is 1.60 bits per heavy atom. The summed E-state index contributed by atoms with van der Waals surface area (Å²) in [5.41, 5.74) is 0. The number of urea groups is 1. The summed E-state index contributed by atoms with van der Waals surface area (Å²) in [6.07, 6.45) is 3.91. The van der Waals surface area contributed by atoms with Gasteiger partial charge in [0.2, 0.25) is 0 Å². The topological polar surface area (TPSA) is 82.5 Å². The summed E-state index contributed by atoms with van der Waals surface area (Å²) in [4.78, 5) is 29.7. The van der Waals surface area contributed by atoms with E-state index in [0.717, 1.165) is 22.7 Å². The molecule has 0 bridgehead atoms. The molecule has 1 fully saturated rings. The zero-order valence-electron chi connectivity index (χ0n) is 11.6. The Bertz CT molecular complexity index is 499. The molecule has 1 aliphatic carbocycles. The van der Waals surface area contributed by atoms with E-state index in [1.807, 2.05) is 13.8 Å². The summed E-state index contributed by atoms with van der Waals surface area (Å²) < 4.78 is 0. The normalized spacial score (nSPS) is 15.7. The van der Waals surface area contributed by atoms with Crippen LogP contribution in [0.15, 0.2) is 6.20 Å². The van der Waals surface area contributed by atoms with Crippen molar-refractivity contribution in [2.75, 3.05) is 13.1 Å². The molecule has 0 radical (unpaired) electrons. The fraction of sp³-hybridized carbons (Fsp3) is 0.615. The van der Waals surface area contributed by atoms with Crippen molar-refractivity contribution in [3.8, 4) is 0 Å². The number of carbonyl (C=O) groups is 2. The quantitative estimate of drug-likeness (QED) is 0.841. The van der Waals surface area contributed by atoms with Crippen molar-refractivity contribution in [3.05, 3.63) is 16.1 Å². The van der Waals surface area contributed by atoms with Crippen LogP contribution in [0, 0.1) is 12.8 Å². The standard InChI is InChI=1S/C13H19N3O3S/c1-8-5-14-12(20-8)9(2)15-13(19)16(7-11(17)18)6-10-3-4-10/h5,9-10H,3-4,6-7H2,1-2H3,(H,15,19)(H,17,18). The molecule has 0 aromatic carbocycles. The van der Waals surface area contributed by atoms with Gasteiger partial charge in [0.1, 0.15) is 11.6 Å². The SMILES string of the molecule is Cc1cnc(C(C)NC(=O)N(CC(=O)O)CC2CC2)s1. The second-order valence-electron chi connectivity index (χ2n) is 5.20. The number of aryl methyl sites for hydroxylation is 1. The largest absolute Gasteiger partial charge is 0.480 e. The first kappa shape index (κ1) is 14.8. The molecule has 1 saturated carbocycles. The number of rotatable bonds is 6. The van der Waals surface area contributed by atoms with Gasteiger partial charge in [-0.2, -0.15) is 0 Å². The fourth-order valence-corrected chi connectivity index (χ4v) is 2.68. The van der Waals surface area contributed by atoms with E-state index in [2.05, 4.69) is 10.3 Å². The molecule has 1 aromatic heterocycles. The van der Waals surface area contributed by atoms with Crippen LogP contribution in [0.25, 0.3) is 0 Å². The third-order valence-corrected chi connectivity index (χ3v) is 4.23. The second-order valence-corrected chi connectivity index (χ2v) is 6.46. The highest BCUT2D eigenvalue weighted by atomic mass is 32.1. The number of aliphatic carboxylic acids is 1. The van der Waals surface area contributed by atoms with Crippen LogP contribution in [-0.4, -0.2) is 40.1 Å². The summed E-state index contributed by atoms with van der Waals surface area (Å²) in [7, 11) is 0. The predicted molar refractivity (Wildman–Crippen MR) is 75.7 cm³/mol. The monoisotopic (exact) mass is 297 g/mol. The summed E-state index contributed by atoms with van der Waals surface area (Å²) in [6, 6.07) is -0.545. The molecule has 6 nitrogen and oxygen atoms in total. The number of hydrogen-bond acceptors (Lipinski definition) is 4. The van der Waals surface area contributed by atoms with Crippen LogP contribution in [-0.2, 0) is 4.79 Å². The molecule has 1 atom stereocenters. The van der Waals surface area contributed by atoms with Crippen molar-refractivity contribution in [1.82, 2.24) is 15.2 Å². The van der Waals surface area contributed by atoms with E-state index in [-0.39, 0.29) is 18.6 Å². The Morgan fingerprint density at radius 3 is 2.80 bits per heavy atom. The van der Waals surface area contributed by atoms with E-state index in [1.54, 1.807) is 6.20 Å². The molecule has 1 aliphatic rings. The number of nitrogens with one attached hydrogen (secondary N) is 1. The fourth-order valence-electron chi connectivity index (χ4n) is 1.91. The lowest BCUT2D eigenvalue weighted by Crippen LogP contribution is -2.44. The first-order valence-electron chi connectivity index (χ1n) is 6.65. The van der Waals surface area contributed by atoms with Crippen molar-refractivity contribution in [2.45, 2.75) is 32.7 Å². The van der Waals surface area contributed by atoms with Crippen molar-refractivity contribution in [1.29, 1.82) is 0 Å². The Kier molecular flexibility index (Phi) is 4.59. The molecule has 2 rings (SSSR count). The molecule has 7 heteroatoms. The summed E-state index contributed by atoms with van der Waals surface area (Å²) in [6.45, 7) is 4.07. The van der Waals surface area contributed by atoms with Gasteiger partial charge in [0, 0.05) is 17.6 Å². The Balaban J connectivity index is 1.94. The second kappa shape index (κ2) is 6.21. The first-order chi connectivity index (χ1) is 9.45. The molecule has 1 unspecified atom stereocenters. The molecule has 2 amide bonds. The lowest BCUT2D eigenvalue weighted by molar-refractivity contribution is -0.137. The zero-order valence-corrected chi connectivity index (χ0v) is 12.4. The molecular weight excluding hydrogens is 278 g/mol. The van der Waals surface area contributed by atoms with Gasteiger partial charge >= 0.3 is 12.0 Å². The van der Waals surface area contributed by atoms with Gasteiger partial charge in [-0.25, -0.2) is 9.78 Å². The van der Waals surface area contributed by atoms with Crippen LogP contribution in [0.1, 0.15) is 35.7 Å². The van der Waals surface area contributed by atoms with E-state index < -0.39 is 5.97 Å². The number of aromatic nitrogens is 1. The third-order valence-electron chi connectivity index (χ3n) is 3.14. The highest BCUT2D eigenvalue weighted by Gasteiger charge is 2.28. The summed E-state index contributed by atoms with van der Waals surface area (Å²) in [5.74, 6) is -0.531. The van der Waals surface area contributed by atoms with Crippen LogP contribution in [0.4, 0.5) is 4.79 Å². The Morgan fingerprint density at radius 2 is 2.30 bits per heavy atom. The summed E-state index contributed by atoms with van der Waals surface area (Å²) >= 11 is 1.53. The van der Waals surface area contributed by atoms with E-state index in [1.165, 1.54) is 16.2 Å². The van der Waals surface area contributed by atoms with E-state index >= 15 is 0 Å². The van der Waals surface area contributed by atoms with Crippen molar-refractivity contribution in [2.24, 2.45) is 5.92 Å². The number of nitrogens with zero attached hydrogens (tertiary/aromatic N) is 2. The number of thiazole rings is 1. The molecule has 0 saturated heterocycles. The van der Waals surface area contributed by atoms with Crippen LogP contribution in [0.5, 0.6) is 0 Å². The van der Waals surface area contributed by atoms with Gasteiger partial charge in [0.25, 0.3) is 0 Å². The van der Waals surface area contributed by atoms with Gasteiger partial charge in [-0.05, 0) is 32.6 Å². The molecule has 2 N–H and O–H groups in total. The van der Waals surface area contributed by atoms with Crippen LogP contribution >= 0.6 is 11.3 Å². The maximum atomic E-state index is 12.2. The average molecular weight is 297 g/mol. The highest BCUT2D eigenvalue weighted by Crippen LogP contribution is 2.29. The minimum atomic E-state index is -0.987. The zero-order chi connectivity index (χ0) is 14.7. The maximum absolute atomic E-state index is 12.2. The van der Waals surface area contributed by atoms with Gasteiger partial charge in [0.15, 0.2) is 0 Å². The number of amides is 2. The molecule has 20 heavy (non-hydrogen) atoms. The van der Waals surface area contributed by atoms with Gasteiger partial charge < -0.3 is 15.3 Å². The molecule has 1 heterocycles. The molecule has 0 spiro atoms. The van der Waals surface area contributed by atoms with Crippen LogP contribution in [0.2, 0.25) is 0 Å². The average Bonchev–Trinajstić information content (AvgIpc) is 3.07. The van der Waals surface area contributed by atoms with Crippen LogP contribution < -0.4 is 5.32 Å². The van der Waals surface area contributed by atoms with Crippen molar-refractivity contribution >= 4 is 23.3 Å².